The fourth-order valence-electron chi connectivity index (χ4n) is 4.37. The SMILES string of the molecule is CN1C(=N)C(S(=O)(=O)N2CC3CC(C2)c2cccc(=O)n2C3)C(=O)N(C)C1=O. The van der Waals surface area contributed by atoms with Crippen LogP contribution in [0.4, 0.5) is 4.79 Å². The zero-order valence-electron chi connectivity index (χ0n) is 15.5. The predicted molar refractivity (Wildman–Crippen MR) is 99.5 cm³/mol. The number of imide groups is 1. The second-order valence-corrected chi connectivity index (χ2v) is 9.58. The van der Waals surface area contributed by atoms with Gasteiger partial charge in [-0.05, 0) is 18.4 Å². The molecule has 3 aliphatic rings. The van der Waals surface area contributed by atoms with E-state index in [1.165, 1.54) is 24.5 Å². The number of urea groups is 1. The topological polar surface area (TPSA) is 124 Å². The number of carbonyl (C=O) groups is 2. The van der Waals surface area contributed by atoms with E-state index in [4.69, 9.17) is 5.41 Å². The van der Waals surface area contributed by atoms with Crippen molar-refractivity contribution in [2.45, 2.75) is 24.1 Å². The van der Waals surface area contributed by atoms with Crippen molar-refractivity contribution in [1.29, 1.82) is 5.41 Å². The molecule has 28 heavy (non-hydrogen) atoms. The molecule has 3 amide bonds. The van der Waals surface area contributed by atoms with Gasteiger partial charge in [-0.1, -0.05) is 6.07 Å². The van der Waals surface area contributed by atoms with Crippen molar-refractivity contribution in [3.63, 3.8) is 0 Å². The summed E-state index contributed by atoms with van der Waals surface area (Å²) in [5, 5.41) is 6.35. The van der Waals surface area contributed by atoms with Gasteiger partial charge in [-0.25, -0.2) is 13.2 Å². The summed E-state index contributed by atoms with van der Waals surface area (Å²) in [5.41, 5.74) is 0.688. The minimum absolute atomic E-state index is 0.0499. The first kappa shape index (κ1) is 18.8. The molecule has 2 saturated heterocycles. The molecule has 0 aromatic carbocycles. The lowest BCUT2D eigenvalue weighted by atomic mass is 9.84. The number of nitrogens with one attached hydrogen (secondary N) is 1. The van der Waals surface area contributed by atoms with Crippen molar-refractivity contribution in [2.24, 2.45) is 5.92 Å². The summed E-state index contributed by atoms with van der Waals surface area (Å²) in [7, 11) is -1.70. The third kappa shape index (κ3) is 2.60. The van der Waals surface area contributed by atoms with E-state index in [9.17, 15) is 22.8 Å². The van der Waals surface area contributed by atoms with Crippen molar-refractivity contribution < 1.29 is 18.0 Å². The highest BCUT2D eigenvalue weighted by Gasteiger charge is 2.51. The molecule has 1 aromatic heterocycles. The Bertz CT molecular complexity index is 1020. The summed E-state index contributed by atoms with van der Waals surface area (Å²) < 4.78 is 29.5. The number of hydrogen-bond donors (Lipinski definition) is 1. The second-order valence-electron chi connectivity index (χ2n) is 7.56. The van der Waals surface area contributed by atoms with Crippen LogP contribution in [-0.2, 0) is 21.4 Å². The van der Waals surface area contributed by atoms with Gasteiger partial charge in [-0.2, -0.15) is 4.31 Å². The Hall–Kier alpha value is -2.53. The molecule has 0 aliphatic carbocycles. The lowest BCUT2D eigenvalue weighted by Crippen LogP contribution is -2.64. The Morgan fingerprint density at radius 3 is 2.46 bits per heavy atom. The fraction of sp³-hybridized carbons (Fsp3) is 0.529. The number of amides is 3. The fourth-order valence-corrected chi connectivity index (χ4v) is 6.33. The van der Waals surface area contributed by atoms with Crippen LogP contribution in [0.1, 0.15) is 18.0 Å². The molecule has 3 aliphatic heterocycles. The molecule has 1 N–H and O–H groups in total. The van der Waals surface area contributed by atoms with Gasteiger partial charge in [0, 0.05) is 51.4 Å². The smallest absolute Gasteiger partial charge is 0.312 e. The molecule has 0 spiro atoms. The van der Waals surface area contributed by atoms with E-state index in [1.807, 2.05) is 6.07 Å². The number of fused-ring (bicyclic) bond motifs is 4. The summed E-state index contributed by atoms with van der Waals surface area (Å²) in [6.45, 7) is 0.741. The van der Waals surface area contributed by atoms with Gasteiger partial charge in [-0.15, -0.1) is 0 Å². The predicted octanol–water partition coefficient (Wildman–Crippen LogP) is -0.533. The summed E-state index contributed by atoms with van der Waals surface area (Å²) in [5.74, 6) is -1.66. The summed E-state index contributed by atoms with van der Waals surface area (Å²) in [6.07, 6.45) is 0.768. The molecule has 11 heteroatoms. The number of aromatic nitrogens is 1. The maximum Gasteiger partial charge on any atom is 0.331 e. The number of sulfonamides is 1. The summed E-state index contributed by atoms with van der Waals surface area (Å²) in [6, 6.07) is 4.25. The first-order valence-electron chi connectivity index (χ1n) is 8.95. The average Bonchev–Trinajstić information content (AvgIpc) is 2.65. The molecular weight excluding hydrogens is 386 g/mol. The molecule has 10 nitrogen and oxygen atoms in total. The van der Waals surface area contributed by atoms with E-state index in [-0.39, 0.29) is 30.5 Å². The molecule has 150 valence electrons. The first-order valence-corrected chi connectivity index (χ1v) is 10.5. The Morgan fingerprint density at radius 2 is 1.75 bits per heavy atom. The van der Waals surface area contributed by atoms with Crippen LogP contribution in [0.15, 0.2) is 23.0 Å². The molecule has 4 heterocycles. The average molecular weight is 407 g/mol. The van der Waals surface area contributed by atoms with Crippen LogP contribution >= 0.6 is 0 Å². The van der Waals surface area contributed by atoms with Crippen molar-refractivity contribution >= 4 is 27.8 Å². The zero-order chi connectivity index (χ0) is 20.4. The number of pyridine rings is 1. The van der Waals surface area contributed by atoms with Crippen LogP contribution in [0.2, 0.25) is 0 Å². The molecule has 4 rings (SSSR count). The van der Waals surface area contributed by atoms with E-state index in [1.54, 1.807) is 10.6 Å². The van der Waals surface area contributed by atoms with Crippen molar-refractivity contribution in [3.05, 3.63) is 34.2 Å². The lowest BCUT2D eigenvalue weighted by molar-refractivity contribution is -0.126. The number of carbonyl (C=O) groups excluding carboxylic acids is 2. The Labute approximate surface area is 161 Å². The van der Waals surface area contributed by atoms with Crippen LogP contribution < -0.4 is 5.56 Å². The van der Waals surface area contributed by atoms with Crippen LogP contribution in [-0.4, -0.2) is 77.3 Å². The second kappa shape index (κ2) is 6.24. The van der Waals surface area contributed by atoms with Crippen molar-refractivity contribution in [3.8, 4) is 0 Å². The molecule has 2 fully saturated rings. The van der Waals surface area contributed by atoms with Gasteiger partial charge in [0.05, 0.1) is 0 Å². The van der Waals surface area contributed by atoms with E-state index in [0.29, 0.717) is 6.54 Å². The van der Waals surface area contributed by atoms with E-state index in [0.717, 1.165) is 21.9 Å². The molecular formula is C17H21N5O5S. The Kier molecular flexibility index (Phi) is 4.19. The monoisotopic (exact) mass is 407 g/mol. The van der Waals surface area contributed by atoms with Gasteiger partial charge in [-0.3, -0.25) is 24.8 Å². The van der Waals surface area contributed by atoms with Gasteiger partial charge in [0.1, 0.15) is 5.84 Å². The van der Waals surface area contributed by atoms with Crippen LogP contribution in [0.5, 0.6) is 0 Å². The number of nitrogens with zero attached hydrogens (tertiary/aromatic N) is 4. The van der Waals surface area contributed by atoms with Gasteiger partial charge >= 0.3 is 6.03 Å². The molecule has 1 aromatic rings. The maximum atomic E-state index is 13.3. The summed E-state index contributed by atoms with van der Waals surface area (Å²) in [4.78, 5) is 38.3. The van der Waals surface area contributed by atoms with Crippen LogP contribution in [0.25, 0.3) is 0 Å². The maximum absolute atomic E-state index is 13.3. The van der Waals surface area contributed by atoms with Crippen molar-refractivity contribution in [1.82, 2.24) is 18.7 Å². The Balaban J connectivity index is 1.68. The Morgan fingerprint density at radius 1 is 1.04 bits per heavy atom. The van der Waals surface area contributed by atoms with Gasteiger partial charge in [0.2, 0.25) is 15.3 Å². The van der Waals surface area contributed by atoms with Crippen molar-refractivity contribution in [2.75, 3.05) is 27.2 Å². The molecule has 3 unspecified atom stereocenters. The van der Waals surface area contributed by atoms with Gasteiger partial charge in [0.25, 0.3) is 11.5 Å². The quantitative estimate of drug-likeness (QED) is 0.706. The third-order valence-corrected chi connectivity index (χ3v) is 7.88. The minimum atomic E-state index is -4.19. The van der Waals surface area contributed by atoms with Crippen LogP contribution in [0.3, 0.4) is 0 Å². The number of hydrogen-bond acceptors (Lipinski definition) is 6. The number of rotatable bonds is 2. The van der Waals surface area contributed by atoms with E-state index >= 15 is 0 Å². The highest BCUT2D eigenvalue weighted by atomic mass is 32.2. The highest BCUT2D eigenvalue weighted by molar-refractivity contribution is 7.91. The van der Waals surface area contributed by atoms with Crippen LogP contribution in [0, 0.1) is 11.3 Å². The normalized spacial score (nSPS) is 28.5. The largest absolute Gasteiger partial charge is 0.331 e. The zero-order valence-corrected chi connectivity index (χ0v) is 16.3. The standard InChI is InChI=1S/C17H21N5O5S/c1-19-15(18)14(16(24)20(2)17(19)25)28(26,27)21-7-10-6-11(9-21)12-4-3-5-13(23)22(12)8-10/h3-5,10-11,14,18H,6-9H2,1-2H3. The molecule has 3 atom stereocenters. The third-order valence-electron chi connectivity index (χ3n) is 5.84. The molecule has 0 saturated carbocycles. The van der Waals surface area contributed by atoms with Gasteiger partial charge < -0.3 is 4.57 Å². The summed E-state index contributed by atoms with van der Waals surface area (Å²) >= 11 is 0. The van der Waals surface area contributed by atoms with E-state index < -0.39 is 33.0 Å². The molecule has 2 bridgehead atoms. The minimum Gasteiger partial charge on any atom is -0.312 e. The highest BCUT2D eigenvalue weighted by Crippen LogP contribution is 2.37. The van der Waals surface area contributed by atoms with E-state index in [2.05, 4.69) is 0 Å². The molecule has 0 radical (unpaired) electrons. The lowest BCUT2D eigenvalue weighted by Gasteiger charge is -2.44. The number of amidine groups is 1. The van der Waals surface area contributed by atoms with Gasteiger partial charge in [0.15, 0.2) is 0 Å². The number of piperidine rings is 1. The first-order chi connectivity index (χ1) is 13.1.